The summed E-state index contributed by atoms with van der Waals surface area (Å²) in [6, 6.07) is 10.0. The van der Waals surface area contributed by atoms with Gasteiger partial charge >= 0.3 is 6.09 Å². The van der Waals surface area contributed by atoms with E-state index < -0.39 is 5.60 Å². The largest absolute Gasteiger partial charge is 0.444 e. The van der Waals surface area contributed by atoms with Crippen LogP contribution in [0.5, 0.6) is 0 Å². The van der Waals surface area contributed by atoms with Crippen LogP contribution >= 0.6 is 24.0 Å². The highest BCUT2D eigenvalue weighted by atomic mass is 127. The molecule has 0 bridgehead atoms. The lowest BCUT2D eigenvalue weighted by Gasteiger charge is -2.24. The van der Waals surface area contributed by atoms with E-state index in [2.05, 4.69) is 34.6 Å². The number of benzene rings is 1. The van der Waals surface area contributed by atoms with Gasteiger partial charge in [-0.25, -0.2) is 4.79 Å². The monoisotopic (exact) mass is 557 g/mol. The molecule has 0 unspecified atom stereocenters. The molecule has 1 amide bonds. The van der Waals surface area contributed by atoms with Gasteiger partial charge in [-0.15, -0.1) is 24.0 Å². The van der Waals surface area contributed by atoms with E-state index in [-0.39, 0.29) is 30.1 Å². The quantitative estimate of drug-likeness (QED) is 0.293. The van der Waals surface area contributed by atoms with Gasteiger partial charge in [0.05, 0.1) is 12.2 Å². The number of aromatic nitrogens is 1. The molecule has 1 heterocycles. The van der Waals surface area contributed by atoms with Crippen LogP contribution in [0, 0.1) is 0 Å². The van der Waals surface area contributed by atoms with Crippen LogP contribution < -0.4 is 10.6 Å². The molecule has 178 valence electrons. The maximum atomic E-state index is 12.1. The summed E-state index contributed by atoms with van der Waals surface area (Å²) in [6.45, 7) is 11.4. The first-order valence-corrected chi connectivity index (χ1v) is 10.5. The second kappa shape index (κ2) is 12.7. The second-order valence-electron chi connectivity index (χ2n) is 8.81. The smallest absolute Gasteiger partial charge is 0.410 e. The summed E-state index contributed by atoms with van der Waals surface area (Å²) >= 11 is 0. The molecule has 2 aromatic rings. The first-order chi connectivity index (χ1) is 14.6. The van der Waals surface area contributed by atoms with Gasteiger partial charge < -0.3 is 24.8 Å². The summed E-state index contributed by atoms with van der Waals surface area (Å²) in [7, 11) is 3.46. The lowest BCUT2D eigenvalue weighted by molar-refractivity contribution is 0.0285. The molecule has 1 aromatic heterocycles. The van der Waals surface area contributed by atoms with E-state index in [0.29, 0.717) is 31.5 Å². The lowest BCUT2D eigenvalue weighted by Crippen LogP contribution is -2.36. The van der Waals surface area contributed by atoms with E-state index in [1.807, 2.05) is 51.1 Å². The highest BCUT2D eigenvalue weighted by Crippen LogP contribution is 2.14. The Morgan fingerprint density at radius 2 is 1.75 bits per heavy atom. The number of amides is 1. The van der Waals surface area contributed by atoms with Crippen molar-refractivity contribution < 1.29 is 14.1 Å². The van der Waals surface area contributed by atoms with Crippen molar-refractivity contribution in [3.8, 4) is 0 Å². The van der Waals surface area contributed by atoms with Crippen LogP contribution in [-0.2, 0) is 24.4 Å². The highest BCUT2D eigenvalue weighted by Gasteiger charge is 2.19. The fourth-order valence-corrected chi connectivity index (χ4v) is 2.70. The van der Waals surface area contributed by atoms with E-state index in [1.165, 1.54) is 0 Å². The molecule has 0 fully saturated rings. The van der Waals surface area contributed by atoms with Crippen molar-refractivity contribution in [2.45, 2.75) is 65.8 Å². The number of hydrogen-bond acceptors (Lipinski definition) is 5. The van der Waals surface area contributed by atoms with Gasteiger partial charge in [-0.3, -0.25) is 4.99 Å². The molecule has 0 atom stereocenters. The number of ether oxygens (including phenoxy) is 1. The summed E-state index contributed by atoms with van der Waals surface area (Å²) in [6.07, 6.45) is -0.333. The van der Waals surface area contributed by atoms with Crippen LogP contribution in [-0.4, -0.2) is 41.8 Å². The summed E-state index contributed by atoms with van der Waals surface area (Å²) in [4.78, 5) is 17.9. The number of halogens is 1. The summed E-state index contributed by atoms with van der Waals surface area (Å²) in [5, 5.41) is 10.6. The Morgan fingerprint density at radius 3 is 2.28 bits per heavy atom. The van der Waals surface area contributed by atoms with Crippen LogP contribution in [0.3, 0.4) is 0 Å². The Labute approximate surface area is 208 Å². The number of aliphatic imine (C=N–C) groups is 1. The molecule has 32 heavy (non-hydrogen) atoms. The number of guanidine groups is 1. The van der Waals surface area contributed by atoms with Gasteiger partial charge in [0.15, 0.2) is 11.7 Å². The molecule has 0 aliphatic heterocycles. The minimum atomic E-state index is -0.502. The minimum Gasteiger partial charge on any atom is -0.444 e. The Hall–Kier alpha value is -2.30. The number of carbonyl (C=O) groups is 1. The molecule has 0 saturated carbocycles. The molecule has 0 aliphatic carbocycles. The first kappa shape index (κ1) is 27.7. The predicted octanol–water partition coefficient (Wildman–Crippen LogP) is 4.65. The van der Waals surface area contributed by atoms with Gasteiger partial charge in [-0.05, 0) is 37.8 Å². The van der Waals surface area contributed by atoms with Gasteiger partial charge in [0, 0.05) is 33.3 Å². The third kappa shape index (κ3) is 9.46. The van der Waals surface area contributed by atoms with Gasteiger partial charge in [0.1, 0.15) is 5.60 Å². The maximum Gasteiger partial charge on any atom is 0.410 e. The van der Waals surface area contributed by atoms with E-state index in [0.717, 1.165) is 22.6 Å². The lowest BCUT2D eigenvalue weighted by atomic mass is 10.1. The van der Waals surface area contributed by atoms with Gasteiger partial charge in [0.25, 0.3) is 0 Å². The third-order valence-electron chi connectivity index (χ3n) is 4.43. The molecular formula is C23H36IN5O3. The highest BCUT2D eigenvalue weighted by molar-refractivity contribution is 14.0. The molecule has 0 radical (unpaired) electrons. The Morgan fingerprint density at radius 1 is 1.16 bits per heavy atom. The molecule has 1 aromatic carbocycles. The average Bonchev–Trinajstić information content (AvgIpc) is 3.17. The molecule has 0 spiro atoms. The van der Waals surface area contributed by atoms with Crippen molar-refractivity contribution >= 4 is 36.0 Å². The number of nitrogens with one attached hydrogen (secondary N) is 2. The maximum absolute atomic E-state index is 12.1. The molecule has 8 nitrogen and oxygen atoms in total. The first-order valence-electron chi connectivity index (χ1n) is 10.5. The summed E-state index contributed by atoms with van der Waals surface area (Å²) in [5.41, 5.74) is 2.58. The van der Waals surface area contributed by atoms with Gasteiger partial charge in [-0.2, -0.15) is 0 Å². The summed E-state index contributed by atoms with van der Waals surface area (Å²) < 4.78 is 10.7. The van der Waals surface area contributed by atoms with Crippen LogP contribution in [0.2, 0.25) is 0 Å². The fourth-order valence-electron chi connectivity index (χ4n) is 2.70. The molecule has 0 saturated heterocycles. The SMILES string of the molecule is CN=C(NCc1ccc(CN(C)C(=O)OC(C)(C)C)cc1)NCc1cc(C(C)C)no1.I. The van der Waals surface area contributed by atoms with Crippen molar-refractivity contribution in [1.29, 1.82) is 0 Å². The molecule has 2 rings (SSSR count). The van der Waals surface area contributed by atoms with E-state index in [1.54, 1.807) is 19.0 Å². The van der Waals surface area contributed by atoms with Crippen molar-refractivity contribution in [1.82, 2.24) is 20.7 Å². The molecule has 0 aliphatic rings. The van der Waals surface area contributed by atoms with Crippen LogP contribution in [0.4, 0.5) is 4.79 Å². The van der Waals surface area contributed by atoms with E-state index in [4.69, 9.17) is 9.26 Å². The molecule has 9 heteroatoms. The van der Waals surface area contributed by atoms with Crippen molar-refractivity contribution in [2.24, 2.45) is 4.99 Å². The van der Waals surface area contributed by atoms with Gasteiger partial charge in [-0.1, -0.05) is 43.3 Å². The van der Waals surface area contributed by atoms with E-state index >= 15 is 0 Å². The Bertz CT molecular complexity index is 873. The predicted molar refractivity (Wildman–Crippen MR) is 137 cm³/mol. The van der Waals surface area contributed by atoms with Crippen LogP contribution in [0.15, 0.2) is 39.8 Å². The number of rotatable bonds is 7. The zero-order chi connectivity index (χ0) is 23.0. The molecule has 2 N–H and O–H groups in total. The third-order valence-corrected chi connectivity index (χ3v) is 4.43. The van der Waals surface area contributed by atoms with Crippen molar-refractivity contribution in [2.75, 3.05) is 14.1 Å². The Kier molecular flexibility index (Phi) is 11.0. The average molecular weight is 557 g/mol. The molecular weight excluding hydrogens is 521 g/mol. The van der Waals surface area contributed by atoms with E-state index in [9.17, 15) is 4.79 Å². The fraction of sp³-hybridized carbons (Fsp3) is 0.522. The van der Waals surface area contributed by atoms with Crippen LogP contribution in [0.25, 0.3) is 0 Å². The topological polar surface area (TPSA) is 92.0 Å². The number of hydrogen-bond donors (Lipinski definition) is 2. The zero-order valence-electron chi connectivity index (χ0n) is 20.1. The summed E-state index contributed by atoms with van der Waals surface area (Å²) in [5.74, 6) is 1.78. The van der Waals surface area contributed by atoms with Crippen LogP contribution in [0.1, 0.15) is 63.1 Å². The standard InChI is InChI=1S/C23H35N5O3.HI/c1-16(2)20-12-19(31-27-20)14-26-21(24-6)25-13-17-8-10-18(11-9-17)15-28(7)22(29)30-23(3,4)5;/h8-12,16H,13-15H2,1-7H3,(H2,24,25,26);1H. The van der Waals surface area contributed by atoms with Gasteiger partial charge in [0.2, 0.25) is 0 Å². The zero-order valence-corrected chi connectivity index (χ0v) is 22.4. The van der Waals surface area contributed by atoms with Crippen molar-refractivity contribution in [3.05, 3.63) is 52.9 Å². The normalized spacial score (nSPS) is 11.7. The number of nitrogens with zero attached hydrogens (tertiary/aromatic N) is 3. The second-order valence-corrected chi connectivity index (χ2v) is 8.81. The van der Waals surface area contributed by atoms with Crippen molar-refractivity contribution in [3.63, 3.8) is 0 Å². The minimum absolute atomic E-state index is 0. The number of carbonyl (C=O) groups excluding carboxylic acids is 1. The Balaban J connectivity index is 0.00000512.